The first kappa shape index (κ1) is 23.4. The van der Waals surface area contributed by atoms with Crippen LogP contribution in [0.25, 0.3) is 0 Å². The predicted octanol–water partition coefficient (Wildman–Crippen LogP) is 5.38. The monoisotopic (exact) mass is 486 g/mol. The highest BCUT2D eigenvalue weighted by Gasteiger charge is 2.28. The lowest BCUT2D eigenvalue weighted by Gasteiger charge is -2.30. The molecule has 0 N–H and O–H groups in total. The van der Waals surface area contributed by atoms with Gasteiger partial charge in [0.2, 0.25) is 11.8 Å². The fourth-order valence-corrected chi connectivity index (χ4v) is 4.12. The third-order valence-corrected chi connectivity index (χ3v) is 6.02. The van der Waals surface area contributed by atoms with E-state index in [0.717, 1.165) is 11.3 Å². The minimum Gasteiger partial charge on any atom is -0.438 e. The molecule has 0 fully saturated rings. The first-order valence-corrected chi connectivity index (χ1v) is 11.6. The summed E-state index contributed by atoms with van der Waals surface area (Å²) in [6.45, 7) is 1.30. The van der Waals surface area contributed by atoms with Crippen molar-refractivity contribution in [1.82, 2.24) is 14.9 Å². The summed E-state index contributed by atoms with van der Waals surface area (Å²) in [7, 11) is 1.91. The molecule has 1 aliphatic rings. The fourth-order valence-electron chi connectivity index (χ4n) is 4.12. The molecule has 8 heteroatoms. The van der Waals surface area contributed by atoms with Gasteiger partial charge in [-0.3, -0.25) is 4.79 Å². The Hall–Kier alpha value is -4.33. The van der Waals surface area contributed by atoms with E-state index >= 15 is 0 Å². The molecule has 0 bridgehead atoms. The molecule has 1 aliphatic heterocycles. The molecule has 6 nitrogen and oxygen atoms in total. The summed E-state index contributed by atoms with van der Waals surface area (Å²) in [4.78, 5) is 26.2. The Bertz CT molecular complexity index is 1360. The summed E-state index contributed by atoms with van der Waals surface area (Å²) >= 11 is 0. The van der Waals surface area contributed by atoms with Gasteiger partial charge in [-0.15, -0.1) is 0 Å². The number of hydrogen-bond donors (Lipinski definition) is 0. The molecule has 1 aromatic heterocycles. The van der Waals surface area contributed by atoms with Crippen LogP contribution in [0.3, 0.4) is 0 Å². The quantitative estimate of drug-likeness (QED) is 0.366. The maximum atomic E-state index is 13.4. The van der Waals surface area contributed by atoms with E-state index in [9.17, 15) is 13.6 Å². The number of nitrogens with zero attached hydrogens (tertiary/aromatic N) is 4. The van der Waals surface area contributed by atoms with E-state index in [1.807, 2.05) is 42.3 Å². The number of hydrogen-bond acceptors (Lipinski definition) is 5. The molecular weight excluding hydrogens is 462 g/mol. The highest BCUT2D eigenvalue weighted by atomic mass is 19.1. The maximum absolute atomic E-state index is 13.4. The van der Waals surface area contributed by atoms with Gasteiger partial charge in [0.1, 0.15) is 17.4 Å². The number of aromatic nitrogens is 2. The number of amides is 1. The van der Waals surface area contributed by atoms with Crippen LogP contribution in [0.4, 0.5) is 14.7 Å². The highest BCUT2D eigenvalue weighted by Crippen LogP contribution is 2.32. The zero-order valence-corrected chi connectivity index (χ0v) is 19.7. The number of fused-ring (bicyclic) bond motifs is 1. The molecule has 0 atom stereocenters. The average Bonchev–Trinajstić information content (AvgIpc) is 2.90. The lowest BCUT2D eigenvalue weighted by molar-refractivity contribution is 0.0732. The Labute approximate surface area is 207 Å². The van der Waals surface area contributed by atoms with Crippen LogP contribution in [-0.2, 0) is 19.5 Å². The second-order valence-corrected chi connectivity index (χ2v) is 8.64. The highest BCUT2D eigenvalue weighted by molar-refractivity contribution is 5.94. The van der Waals surface area contributed by atoms with E-state index in [-0.39, 0.29) is 18.3 Å². The van der Waals surface area contributed by atoms with Crippen molar-refractivity contribution in [3.05, 3.63) is 113 Å². The number of carbonyl (C=O) groups is 1. The van der Waals surface area contributed by atoms with Crippen molar-refractivity contribution in [2.24, 2.45) is 0 Å². The van der Waals surface area contributed by atoms with Crippen LogP contribution < -0.4 is 9.64 Å². The van der Waals surface area contributed by atoms with Gasteiger partial charge < -0.3 is 14.5 Å². The second-order valence-electron chi connectivity index (χ2n) is 8.64. The summed E-state index contributed by atoms with van der Waals surface area (Å²) in [5, 5.41) is 0. The molecule has 0 spiro atoms. The zero-order valence-electron chi connectivity index (χ0n) is 19.7. The van der Waals surface area contributed by atoms with Crippen molar-refractivity contribution in [1.29, 1.82) is 0 Å². The van der Waals surface area contributed by atoms with Crippen LogP contribution in [0.1, 0.15) is 27.2 Å². The zero-order chi connectivity index (χ0) is 25.1. The van der Waals surface area contributed by atoms with Crippen LogP contribution >= 0.6 is 0 Å². The molecule has 182 valence electrons. The summed E-state index contributed by atoms with van der Waals surface area (Å²) in [5.74, 6) is 0.262. The van der Waals surface area contributed by atoms with Crippen molar-refractivity contribution in [3.63, 3.8) is 0 Å². The van der Waals surface area contributed by atoms with Gasteiger partial charge in [0, 0.05) is 32.1 Å². The Morgan fingerprint density at radius 1 is 0.944 bits per heavy atom. The smallest absolute Gasteiger partial charge is 0.254 e. The van der Waals surface area contributed by atoms with E-state index in [2.05, 4.69) is 4.98 Å². The van der Waals surface area contributed by atoms with E-state index in [4.69, 9.17) is 9.72 Å². The number of carbonyl (C=O) groups excluding carboxylic acids is 1. The summed E-state index contributed by atoms with van der Waals surface area (Å²) in [5.41, 5.74) is 3.00. The molecule has 1 amide bonds. The number of benzene rings is 3. The molecule has 0 saturated heterocycles. The first-order valence-electron chi connectivity index (χ1n) is 11.6. The Balaban J connectivity index is 1.46. The standard InChI is InChI=1S/C28H24F2N4O2/c1-33(17-19-5-3-2-4-6-19)28-31-25-15-16-34(27(35)20-7-9-21(29)10-8-20)18-24(25)26(32-28)36-23-13-11-22(30)12-14-23/h2-14H,15-18H2,1H3. The van der Waals surface area contributed by atoms with E-state index < -0.39 is 5.82 Å². The van der Waals surface area contributed by atoms with Crippen LogP contribution in [-0.4, -0.2) is 34.4 Å². The lowest BCUT2D eigenvalue weighted by atomic mass is 10.1. The number of halogens is 2. The van der Waals surface area contributed by atoms with Crippen LogP contribution in [0.2, 0.25) is 0 Å². The van der Waals surface area contributed by atoms with Gasteiger partial charge in [-0.2, -0.15) is 4.98 Å². The van der Waals surface area contributed by atoms with Gasteiger partial charge in [-0.1, -0.05) is 30.3 Å². The van der Waals surface area contributed by atoms with Crippen molar-refractivity contribution < 1.29 is 18.3 Å². The third-order valence-electron chi connectivity index (χ3n) is 6.02. The molecular formula is C28H24F2N4O2. The minimum atomic E-state index is -0.397. The topological polar surface area (TPSA) is 58.6 Å². The molecule has 0 radical (unpaired) electrons. The van der Waals surface area contributed by atoms with Gasteiger partial charge in [0.25, 0.3) is 5.91 Å². The number of anilines is 1. The van der Waals surface area contributed by atoms with Gasteiger partial charge in [-0.25, -0.2) is 13.8 Å². The SMILES string of the molecule is CN(Cc1ccccc1)c1nc2c(c(Oc3ccc(F)cc3)n1)CN(C(=O)c1ccc(F)cc1)CC2. The third kappa shape index (κ3) is 5.17. The van der Waals surface area contributed by atoms with E-state index in [0.29, 0.717) is 48.2 Å². The minimum absolute atomic E-state index is 0.210. The Kier molecular flexibility index (Phi) is 6.58. The molecule has 0 unspecified atom stereocenters. The summed E-state index contributed by atoms with van der Waals surface area (Å²) in [6.07, 6.45) is 0.511. The van der Waals surface area contributed by atoms with Crippen molar-refractivity contribution >= 4 is 11.9 Å². The molecule has 2 heterocycles. The van der Waals surface area contributed by atoms with Crippen LogP contribution in [0.5, 0.6) is 11.6 Å². The van der Waals surface area contributed by atoms with Gasteiger partial charge in [0.05, 0.1) is 17.8 Å². The van der Waals surface area contributed by atoms with Crippen molar-refractivity contribution in [2.75, 3.05) is 18.5 Å². The van der Waals surface area contributed by atoms with Crippen molar-refractivity contribution in [3.8, 4) is 11.6 Å². The summed E-state index contributed by atoms with van der Waals surface area (Å²) < 4.78 is 32.9. The first-order chi connectivity index (χ1) is 17.5. The normalized spacial score (nSPS) is 12.7. The van der Waals surface area contributed by atoms with E-state index in [1.54, 1.807) is 4.90 Å². The average molecular weight is 487 g/mol. The van der Waals surface area contributed by atoms with E-state index in [1.165, 1.54) is 48.5 Å². The molecule has 4 aromatic rings. The van der Waals surface area contributed by atoms with Crippen molar-refractivity contribution in [2.45, 2.75) is 19.5 Å². The molecule has 36 heavy (non-hydrogen) atoms. The second kappa shape index (κ2) is 10.1. The molecule has 0 aliphatic carbocycles. The van der Waals surface area contributed by atoms with Gasteiger partial charge in [0.15, 0.2) is 0 Å². The fraction of sp³-hybridized carbons (Fsp3) is 0.179. The molecule has 5 rings (SSSR count). The Morgan fingerprint density at radius 3 is 2.31 bits per heavy atom. The Morgan fingerprint density at radius 2 is 1.61 bits per heavy atom. The molecule has 0 saturated carbocycles. The van der Waals surface area contributed by atoms with Gasteiger partial charge >= 0.3 is 0 Å². The lowest BCUT2D eigenvalue weighted by Crippen LogP contribution is -2.37. The number of rotatable bonds is 6. The maximum Gasteiger partial charge on any atom is 0.254 e. The van der Waals surface area contributed by atoms with Gasteiger partial charge in [-0.05, 0) is 54.1 Å². The predicted molar refractivity (Wildman–Crippen MR) is 132 cm³/mol. The van der Waals surface area contributed by atoms with Crippen LogP contribution in [0.15, 0.2) is 78.9 Å². The molecule has 3 aromatic carbocycles. The summed E-state index contributed by atoms with van der Waals surface area (Å²) in [6, 6.07) is 21.2. The largest absolute Gasteiger partial charge is 0.438 e. The van der Waals surface area contributed by atoms with Crippen LogP contribution in [0, 0.1) is 11.6 Å². The number of ether oxygens (including phenoxy) is 1.